The van der Waals surface area contributed by atoms with Crippen LogP contribution in [0.15, 0.2) is 48.5 Å². The highest BCUT2D eigenvalue weighted by Gasteiger charge is 2.25. The summed E-state index contributed by atoms with van der Waals surface area (Å²) in [6.45, 7) is 2.78. The van der Waals surface area contributed by atoms with E-state index in [1.165, 1.54) is 5.56 Å². The van der Waals surface area contributed by atoms with Crippen molar-refractivity contribution in [2.24, 2.45) is 11.7 Å². The molecule has 1 aliphatic heterocycles. The second-order valence-corrected chi connectivity index (χ2v) is 6.04. The Morgan fingerprint density at radius 1 is 1.16 bits per heavy atom. The molecule has 2 aromatic rings. The van der Waals surface area contributed by atoms with Crippen molar-refractivity contribution in [3.8, 4) is 0 Å². The summed E-state index contributed by atoms with van der Waals surface area (Å²) in [5.74, 6) is -0.384. The van der Waals surface area contributed by atoms with Crippen LogP contribution in [-0.4, -0.2) is 24.9 Å². The summed E-state index contributed by atoms with van der Waals surface area (Å²) in [5, 5.41) is 2.80. The number of amides is 2. The molecule has 132 valence electrons. The summed E-state index contributed by atoms with van der Waals surface area (Å²) in [4.78, 5) is 26.4. The fourth-order valence-corrected chi connectivity index (χ4v) is 2.77. The third kappa shape index (κ3) is 4.00. The van der Waals surface area contributed by atoms with Crippen molar-refractivity contribution in [2.75, 3.05) is 23.3 Å². The molecule has 2 aromatic carbocycles. The van der Waals surface area contributed by atoms with Crippen LogP contribution < -0.4 is 16.0 Å². The van der Waals surface area contributed by atoms with Crippen molar-refractivity contribution in [3.63, 3.8) is 0 Å². The summed E-state index contributed by atoms with van der Waals surface area (Å²) in [5.41, 5.74) is 8.94. The first-order valence-electron chi connectivity index (χ1n) is 8.11. The molecule has 0 radical (unpaired) electrons. The van der Waals surface area contributed by atoms with Crippen molar-refractivity contribution in [1.82, 2.24) is 0 Å². The highest BCUT2D eigenvalue weighted by molar-refractivity contribution is 6.07. The monoisotopic (exact) mass is 359 g/mol. The van der Waals surface area contributed by atoms with Crippen LogP contribution >= 0.6 is 12.4 Å². The number of hydrogen-bond donors (Lipinski definition) is 2. The van der Waals surface area contributed by atoms with Gasteiger partial charge in [-0.2, -0.15) is 0 Å². The molecule has 1 unspecified atom stereocenters. The molecule has 0 aliphatic carbocycles. The molecule has 1 atom stereocenters. The normalized spacial score (nSPS) is 13.6. The largest absolute Gasteiger partial charge is 0.330 e. The molecule has 3 rings (SSSR count). The first kappa shape index (κ1) is 19.0. The van der Waals surface area contributed by atoms with E-state index in [1.54, 1.807) is 36.1 Å². The molecule has 0 saturated carbocycles. The highest BCUT2D eigenvalue weighted by atomic mass is 35.5. The van der Waals surface area contributed by atoms with Gasteiger partial charge in [-0.3, -0.25) is 9.59 Å². The summed E-state index contributed by atoms with van der Waals surface area (Å²) >= 11 is 0. The number of carbonyl (C=O) groups excluding carboxylic acids is 2. The minimum atomic E-state index is -0.243. The maximum atomic E-state index is 12.7. The van der Waals surface area contributed by atoms with Gasteiger partial charge < -0.3 is 16.0 Å². The van der Waals surface area contributed by atoms with Crippen LogP contribution in [0.25, 0.3) is 0 Å². The number of nitrogens with two attached hydrogens (primary N) is 1. The molecule has 2 amide bonds. The Hall–Kier alpha value is -2.37. The molecular weight excluding hydrogens is 338 g/mol. The highest BCUT2D eigenvalue weighted by Crippen LogP contribution is 2.29. The number of carbonyl (C=O) groups is 2. The number of nitrogens with one attached hydrogen (secondary N) is 1. The van der Waals surface area contributed by atoms with E-state index < -0.39 is 0 Å². The lowest BCUT2D eigenvalue weighted by Crippen LogP contribution is -2.29. The zero-order valence-corrected chi connectivity index (χ0v) is 14.9. The number of hydrogen-bond acceptors (Lipinski definition) is 3. The molecule has 0 spiro atoms. The topological polar surface area (TPSA) is 75.4 Å². The van der Waals surface area contributed by atoms with Gasteiger partial charge in [0.05, 0.1) is 0 Å². The lowest BCUT2D eigenvalue weighted by atomic mass is 10.1. The summed E-state index contributed by atoms with van der Waals surface area (Å²) in [7, 11) is 0. The zero-order chi connectivity index (χ0) is 17.1. The van der Waals surface area contributed by atoms with Gasteiger partial charge in [0, 0.05) is 35.9 Å². The maximum Gasteiger partial charge on any atom is 0.258 e. The second-order valence-electron chi connectivity index (χ2n) is 6.04. The van der Waals surface area contributed by atoms with Gasteiger partial charge in [0.1, 0.15) is 0 Å². The average Bonchev–Trinajstić information content (AvgIpc) is 3.05. The molecule has 0 aromatic heterocycles. The molecular formula is C19H22ClN3O2. The van der Waals surface area contributed by atoms with Crippen molar-refractivity contribution in [2.45, 2.75) is 13.3 Å². The molecule has 3 N–H and O–H groups in total. The van der Waals surface area contributed by atoms with E-state index in [4.69, 9.17) is 5.73 Å². The van der Waals surface area contributed by atoms with E-state index in [0.717, 1.165) is 12.1 Å². The van der Waals surface area contributed by atoms with Gasteiger partial charge in [0.2, 0.25) is 5.91 Å². The third-order valence-corrected chi connectivity index (χ3v) is 4.33. The van der Waals surface area contributed by atoms with Crippen molar-refractivity contribution < 1.29 is 9.59 Å². The standard InChI is InChI=1S/C19H21N3O2.ClH/c1-13(12-20)18(23)21-16-8-6-15(7-9-16)19(24)22-11-10-14-4-2-3-5-17(14)22;/h2-9,13H,10-12,20H2,1H3,(H,21,23);1H. The third-order valence-electron chi connectivity index (χ3n) is 4.33. The van der Waals surface area contributed by atoms with Gasteiger partial charge in [-0.1, -0.05) is 25.1 Å². The van der Waals surface area contributed by atoms with Gasteiger partial charge >= 0.3 is 0 Å². The first-order valence-corrected chi connectivity index (χ1v) is 8.11. The Balaban J connectivity index is 0.00000225. The van der Waals surface area contributed by atoms with Crippen LogP contribution in [-0.2, 0) is 11.2 Å². The number of benzene rings is 2. The molecule has 5 nitrogen and oxygen atoms in total. The van der Waals surface area contributed by atoms with E-state index in [0.29, 0.717) is 24.3 Å². The number of halogens is 1. The van der Waals surface area contributed by atoms with Crippen molar-refractivity contribution >= 4 is 35.6 Å². The summed E-state index contributed by atoms with van der Waals surface area (Å²) in [6, 6.07) is 14.9. The lowest BCUT2D eigenvalue weighted by molar-refractivity contribution is -0.119. The van der Waals surface area contributed by atoms with Gasteiger partial charge in [0.15, 0.2) is 0 Å². The molecule has 25 heavy (non-hydrogen) atoms. The minimum absolute atomic E-state index is 0. The average molecular weight is 360 g/mol. The fourth-order valence-electron chi connectivity index (χ4n) is 2.77. The van der Waals surface area contributed by atoms with Gasteiger partial charge in [0.25, 0.3) is 5.91 Å². The Morgan fingerprint density at radius 2 is 1.84 bits per heavy atom. The fraction of sp³-hybridized carbons (Fsp3) is 0.263. The maximum absolute atomic E-state index is 12.7. The Labute approximate surface area is 153 Å². The summed E-state index contributed by atoms with van der Waals surface area (Å²) < 4.78 is 0. The molecule has 0 fully saturated rings. The number of rotatable bonds is 4. The van der Waals surface area contributed by atoms with Gasteiger partial charge in [-0.25, -0.2) is 0 Å². The Morgan fingerprint density at radius 3 is 2.52 bits per heavy atom. The van der Waals surface area contributed by atoms with E-state index >= 15 is 0 Å². The molecule has 0 saturated heterocycles. The van der Waals surface area contributed by atoms with Gasteiger partial charge in [-0.05, 0) is 42.3 Å². The van der Waals surface area contributed by atoms with Crippen molar-refractivity contribution in [3.05, 3.63) is 59.7 Å². The summed E-state index contributed by atoms with van der Waals surface area (Å²) in [6.07, 6.45) is 0.882. The smallest absolute Gasteiger partial charge is 0.258 e. The predicted octanol–water partition coefficient (Wildman–Crippen LogP) is 2.84. The van der Waals surface area contributed by atoms with Crippen molar-refractivity contribution in [1.29, 1.82) is 0 Å². The molecule has 1 heterocycles. The number of anilines is 2. The van der Waals surface area contributed by atoms with Crippen LogP contribution in [0.1, 0.15) is 22.8 Å². The molecule has 6 heteroatoms. The van der Waals surface area contributed by atoms with E-state index in [1.807, 2.05) is 18.2 Å². The Kier molecular flexibility index (Phi) is 6.17. The van der Waals surface area contributed by atoms with Crippen LogP contribution in [0, 0.1) is 5.92 Å². The zero-order valence-electron chi connectivity index (χ0n) is 14.1. The van der Waals surface area contributed by atoms with Crippen LogP contribution in [0.5, 0.6) is 0 Å². The molecule has 1 aliphatic rings. The minimum Gasteiger partial charge on any atom is -0.330 e. The number of fused-ring (bicyclic) bond motifs is 1. The number of nitrogens with zero attached hydrogens (tertiary/aromatic N) is 1. The van der Waals surface area contributed by atoms with E-state index in [-0.39, 0.29) is 30.1 Å². The quantitative estimate of drug-likeness (QED) is 0.881. The van der Waals surface area contributed by atoms with Crippen LogP contribution in [0.2, 0.25) is 0 Å². The van der Waals surface area contributed by atoms with Crippen LogP contribution in [0.3, 0.4) is 0 Å². The van der Waals surface area contributed by atoms with E-state index in [9.17, 15) is 9.59 Å². The lowest BCUT2D eigenvalue weighted by Gasteiger charge is -2.17. The number of para-hydroxylation sites is 1. The first-order chi connectivity index (χ1) is 11.6. The van der Waals surface area contributed by atoms with Gasteiger partial charge in [-0.15, -0.1) is 12.4 Å². The predicted molar refractivity (Wildman–Crippen MR) is 102 cm³/mol. The molecule has 0 bridgehead atoms. The SMILES string of the molecule is CC(CN)C(=O)Nc1ccc(C(=O)N2CCc3ccccc32)cc1.Cl. The van der Waals surface area contributed by atoms with Crippen LogP contribution in [0.4, 0.5) is 11.4 Å². The van der Waals surface area contributed by atoms with E-state index in [2.05, 4.69) is 11.4 Å². The second kappa shape index (κ2) is 8.14. The Bertz CT molecular complexity index is 762.